The summed E-state index contributed by atoms with van der Waals surface area (Å²) in [6.07, 6.45) is -4.77. The van der Waals surface area contributed by atoms with Crippen molar-refractivity contribution in [1.29, 1.82) is 0 Å². The molecule has 2 aromatic carbocycles. The molecule has 1 unspecified atom stereocenters. The summed E-state index contributed by atoms with van der Waals surface area (Å²) in [6, 6.07) is 4.83. The van der Waals surface area contributed by atoms with Crippen LogP contribution in [-0.2, 0) is 26.2 Å². The SMILES string of the molecule is COc1ccc2c(c1)CCN(C(=O)CC(F)(F)F)C2C(=O)Nc1cc(F)c(C(C)(C)C(=O)N2CCCC2)c(F)c1. The Morgan fingerprint density at radius 3 is 2.20 bits per heavy atom. The lowest BCUT2D eigenvalue weighted by atomic mass is 9.82. The van der Waals surface area contributed by atoms with Crippen LogP contribution in [0.3, 0.4) is 0 Å². The van der Waals surface area contributed by atoms with Gasteiger partial charge in [0.15, 0.2) is 0 Å². The van der Waals surface area contributed by atoms with Crippen LogP contribution in [0.4, 0.5) is 27.6 Å². The first-order valence-electron chi connectivity index (χ1n) is 12.9. The molecule has 2 aliphatic heterocycles. The molecule has 216 valence electrons. The van der Waals surface area contributed by atoms with Crippen LogP contribution in [0.1, 0.15) is 55.8 Å². The summed E-state index contributed by atoms with van der Waals surface area (Å²) in [5.41, 5.74) is -1.43. The molecule has 0 aliphatic carbocycles. The Morgan fingerprint density at radius 1 is 1.00 bits per heavy atom. The molecule has 40 heavy (non-hydrogen) atoms. The van der Waals surface area contributed by atoms with Gasteiger partial charge in [-0.3, -0.25) is 14.4 Å². The van der Waals surface area contributed by atoms with Crippen molar-refractivity contribution >= 4 is 23.4 Å². The van der Waals surface area contributed by atoms with E-state index in [0.29, 0.717) is 24.4 Å². The van der Waals surface area contributed by atoms with E-state index in [1.807, 2.05) is 0 Å². The van der Waals surface area contributed by atoms with Gasteiger partial charge in [-0.25, -0.2) is 8.78 Å². The number of alkyl halides is 3. The summed E-state index contributed by atoms with van der Waals surface area (Å²) >= 11 is 0. The fourth-order valence-corrected chi connectivity index (χ4v) is 5.43. The molecule has 12 heteroatoms. The Bertz CT molecular complexity index is 1300. The fraction of sp³-hybridized carbons (Fsp3) is 0.464. The second-order valence-corrected chi connectivity index (χ2v) is 10.5. The van der Waals surface area contributed by atoms with Gasteiger partial charge in [-0.15, -0.1) is 0 Å². The van der Waals surface area contributed by atoms with E-state index >= 15 is 8.78 Å². The molecule has 7 nitrogen and oxygen atoms in total. The largest absolute Gasteiger partial charge is 0.497 e. The number of amides is 3. The van der Waals surface area contributed by atoms with E-state index in [-0.39, 0.29) is 24.2 Å². The Kier molecular flexibility index (Phi) is 8.09. The summed E-state index contributed by atoms with van der Waals surface area (Å²) in [7, 11) is 1.43. The van der Waals surface area contributed by atoms with Crippen LogP contribution in [-0.4, -0.2) is 60.4 Å². The predicted molar refractivity (Wildman–Crippen MR) is 136 cm³/mol. The molecule has 0 radical (unpaired) electrons. The quantitative estimate of drug-likeness (QED) is 0.505. The van der Waals surface area contributed by atoms with Gasteiger partial charge < -0.3 is 19.9 Å². The molecule has 2 aromatic rings. The van der Waals surface area contributed by atoms with Gasteiger partial charge in [0.05, 0.1) is 12.5 Å². The number of ether oxygens (including phenoxy) is 1. The highest BCUT2D eigenvalue weighted by molar-refractivity contribution is 5.98. The third-order valence-corrected chi connectivity index (χ3v) is 7.36. The highest BCUT2D eigenvalue weighted by Gasteiger charge is 2.42. The molecule has 2 heterocycles. The van der Waals surface area contributed by atoms with E-state index in [1.54, 1.807) is 11.0 Å². The van der Waals surface area contributed by atoms with Crippen LogP contribution in [0.5, 0.6) is 5.75 Å². The number of benzene rings is 2. The zero-order chi connectivity index (χ0) is 29.4. The minimum Gasteiger partial charge on any atom is -0.497 e. The Labute approximate surface area is 228 Å². The molecule has 0 aromatic heterocycles. The molecule has 1 atom stereocenters. The zero-order valence-electron chi connectivity index (χ0n) is 22.3. The molecular weight excluding hydrogens is 537 g/mol. The van der Waals surface area contributed by atoms with Gasteiger partial charge in [-0.05, 0) is 68.5 Å². The normalized spacial score (nSPS) is 17.4. The van der Waals surface area contributed by atoms with Crippen molar-refractivity contribution < 1.29 is 41.1 Å². The van der Waals surface area contributed by atoms with Gasteiger partial charge in [0.25, 0.3) is 5.91 Å². The Morgan fingerprint density at radius 2 is 1.62 bits per heavy atom. The molecule has 0 spiro atoms. The van der Waals surface area contributed by atoms with Gasteiger partial charge >= 0.3 is 6.18 Å². The molecule has 4 rings (SSSR count). The van der Waals surface area contributed by atoms with Crippen LogP contribution in [0.2, 0.25) is 0 Å². The van der Waals surface area contributed by atoms with Gasteiger partial charge in [0, 0.05) is 30.9 Å². The highest BCUT2D eigenvalue weighted by atomic mass is 19.4. The predicted octanol–water partition coefficient (Wildman–Crippen LogP) is 4.89. The first-order valence-corrected chi connectivity index (χ1v) is 12.9. The maximum atomic E-state index is 15.3. The number of hydrogen-bond donors (Lipinski definition) is 1. The van der Waals surface area contributed by atoms with Gasteiger partial charge in [-0.1, -0.05) is 6.07 Å². The van der Waals surface area contributed by atoms with Crippen LogP contribution >= 0.6 is 0 Å². The number of hydrogen-bond acceptors (Lipinski definition) is 4. The molecule has 1 saturated heterocycles. The van der Waals surface area contributed by atoms with Crippen LogP contribution in [0, 0.1) is 11.6 Å². The molecule has 0 saturated carbocycles. The zero-order valence-corrected chi connectivity index (χ0v) is 22.3. The molecule has 1 fully saturated rings. The second-order valence-electron chi connectivity index (χ2n) is 10.5. The second kappa shape index (κ2) is 11.1. The van der Waals surface area contributed by atoms with Crippen molar-refractivity contribution in [3.63, 3.8) is 0 Å². The number of methoxy groups -OCH3 is 1. The van der Waals surface area contributed by atoms with Crippen LogP contribution in [0.15, 0.2) is 30.3 Å². The minimum absolute atomic E-state index is 0.179. The maximum Gasteiger partial charge on any atom is 0.397 e. The summed E-state index contributed by atoms with van der Waals surface area (Å²) in [4.78, 5) is 41.4. The smallest absolute Gasteiger partial charge is 0.397 e. The Balaban J connectivity index is 1.65. The van der Waals surface area contributed by atoms with E-state index in [2.05, 4.69) is 5.32 Å². The Hall–Kier alpha value is -3.70. The van der Waals surface area contributed by atoms with Crippen molar-refractivity contribution in [2.45, 2.75) is 57.2 Å². The van der Waals surface area contributed by atoms with E-state index in [1.165, 1.54) is 33.1 Å². The van der Waals surface area contributed by atoms with E-state index in [4.69, 9.17) is 4.74 Å². The number of rotatable bonds is 6. The van der Waals surface area contributed by atoms with E-state index in [0.717, 1.165) is 29.9 Å². The third-order valence-electron chi connectivity index (χ3n) is 7.36. The third kappa shape index (κ3) is 5.90. The monoisotopic (exact) mass is 567 g/mol. The average Bonchev–Trinajstić information content (AvgIpc) is 3.40. The standard InChI is InChI=1S/C28H30F5N3O4/c1-27(2,26(39)35-9-4-5-10-35)23-20(29)13-17(14-21(23)30)34-25(38)24-19-7-6-18(40-3)12-16(19)8-11-36(24)22(37)15-28(31,32)33/h6-7,12-14,24H,4-5,8-11,15H2,1-3H3,(H,34,38). The lowest BCUT2D eigenvalue weighted by molar-refractivity contribution is -0.164. The summed E-state index contributed by atoms with van der Waals surface area (Å²) < 4.78 is 74.9. The molecule has 3 amide bonds. The average molecular weight is 568 g/mol. The number of anilines is 1. The molecule has 0 bridgehead atoms. The van der Waals surface area contributed by atoms with Crippen molar-refractivity contribution in [3.8, 4) is 5.75 Å². The lowest BCUT2D eigenvalue weighted by Gasteiger charge is -2.37. The first kappa shape index (κ1) is 29.3. The number of carbonyl (C=O) groups excluding carboxylic acids is 3. The van der Waals surface area contributed by atoms with Gasteiger partial charge in [0.1, 0.15) is 29.8 Å². The van der Waals surface area contributed by atoms with E-state index in [9.17, 15) is 27.6 Å². The first-order chi connectivity index (χ1) is 18.7. The number of likely N-dealkylation sites (tertiary alicyclic amines) is 1. The summed E-state index contributed by atoms with van der Waals surface area (Å²) in [6.45, 7) is 3.66. The number of carbonyl (C=O) groups is 3. The van der Waals surface area contributed by atoms with Crippen molar-refractivity contribution in [3.05, 3.63) is 58.7 Å². The number of halogens is 5. The van der Waals surface area contributed by atoms with E-state index < -0.39 is 59.0 Å². The number of fused-ring (bicyclic) bond motifs is 1. The van der Waals surface area contributed by atoms with Crippen LogP contribution < -0.4 is 10.1 Å². The summed E-state index contributed by atoms with van der Waals surface area (Å²) in [5, 5.41) is 2.35. The number of nitrogens with one attached hydrogen (secondary N) is 1. The topological polar surface area (TPSA) is 79.0 Å². The van der Waals surface area contributed by atoms with Crippen molar-refractivity contribution in [2.75, 3.05) is 32.1 Å². The molecule has 1 N–H and O–H groups in total. The molecule has 2 aliphatic rings. The minimum atomic E-state index is -4.79. The maximum absolute atomic E-state index is 15.3. The van der Waals surface area contributed by atoms with Gasteiger partial charge in [0.2, 0.25) is 11.8 Å². The molecular formula is C28H30F5N3O4. The number of nitrogens with zero attached hydrogens (tertiary/aromatic N) is 2. The van der Waals surface area contributed by atoms with Gasteiger partial charge in [-0.2, -0.15) is 13.2 Å². The lowest BCUT2D eigenvalue weighted by Crippen LogP contribution is -2.46. The fourth-order valence-electron chi connectivity index (χ4n) is 5.43. The van der Waals surface area contributed by atoms with Crippen LogP contribution in [0.25, 0.3) is 0 Å². The summed E-state index contributed by atoms with van der Waals surface area (Å²) in [5.74, 6) is -4.34. The van der Waals surface area contributed by atoms with Crippen molar-refractivity contribution in [1.82, 2.24) is 9.80 Å². The van der Waals surface area contributed by atoms with Crippen molar-refractivity contribution in [2.24, 2.45) is 0 Å². The highest BCUT2D eigenvalue weighted by Crippen LogP contribution is 2.37.